The van der Waals surface area contributed by atoms with Crippen LogP contribution in [0.3, 0.4) is 0 Å². The molecule has 1 aliphatic carbocycles. The smallest absolute Gasteiger partial charge is 0.307 e. The first-order valence-electron chi connectivity index (χ1n) is 4.04. The van der Waals surface area contributed by atoms with Crippen molar-refractivity contribution >= 4 is 17.6 Å². The van der Waals surface area contributed by atoms with Gasteiger partial charge in [-0.05, 0) is 18.6 Å². The summed E-state index contributed by atoms with van der Waals surface area (Å²) in [5, 5.41) is 9.12. The van der Waals surface area contributed by atoms with Gasteiger partial charge in [-0.3, -0.25) is 4.79 Å². The predicted molar refractivity (Wildman–Crippen MR) is 47.7 cm³/mol. The minimum Gasteiger partial charge on any atom is -0.481 e. The number of rotatable bonds is 2. The van der Waals surface area contributed by atoms with Crippen LogP contribution in [0.25, 0.3) is 0 Å². The van der Waals surface area contributed by atoms with Gasteiger partial charge in [-0.2, -0.15) is 0 Å². The van der Waals surface area contributed by atoms with Gasteiger partial charge >= 0.3 is 5.97 Å². The Bertz CT molecular complexity index is 353. The molecule has 0 aliphatic heterocycles. The van der Waals surface area contributed by atoms with E-state index in [0.717, 1.165) is 5.69 Å². The van der Waals surface area contributed by atoms with Crippen molar-refractivity contribution in [3.63, 3.8) is 0 Å². The monoisotopic (exact) mass is 197 g/mol. The molecule has 1 aliphatic rings. The van der Waals surface area contributed by atoms with Crippen LogP contribution in [0.1, 0.15) is 18.0 Å². The molecule has 1 N–H and O–H groups in total. The molecular weight excluding hydrogens is 190 g/mol. The summed E-state index contributed by atoms with van der Waals surface area (Å²) in [5.74, 6) is -0.936. The second kappa shape index (κ2) is 3.00. The molecular formula is C9H8ClNO2. The molecule has 1 aromatic rings. The van der Waals surface area contributed by atoms with Crippen molar-refractivity contribution < 1.29 is 9.90 Å². The number of aromatic nitrogens is 1. The van der Waals surface area contributed by atoms with Crippen LogP contribution in [0.2, 0.25) is 5.15 Å². The first-order chi connectivity index (χ1) is 6.18. The van der Waals surface area contributed by atoms with Crippen molar-refractivity contribution in [3.8, 4) is 0 Å². The molecule has 3 nitrogen and oxygen atoms in total. The Morgan fingerprint density at radius 3 is 2.92 bits per heavy atom. The first kappa shape index (κ1) is 8.51. The number of carboxylic acids is 1. The molecule has 0 saturated heterocycles. The number of hydrogen-bond acceptors (Lipinski definition) is 2. The van der Waals surface area contributed by atoms with E-state index in [4.69, 9.17) is 16.7 Å². The van der Waals surface area contributed by atoms with Gasteiger partial charge in [-0.1, -0.05) is 17.7 Å². The number of aliphatic carboxylic acids is 1. The number of hydrogen-bond donors (Lipinski definition) is 1. The van der Waals surface area contributed by atoms with Crippen molar-refractivity contribution in [1.82, 2.24) is 4.98 Å². The summed E-state index contributed by atoms with van der Waals surface area (Å²) in [6.07, 6.45) is 0.683. The fourth-order valence-electron chi connectivity index (χ4n) is 1.43. The summed E-state index contributed by atoms with van der Waals surface area (Å²) in [5.41, 5.74) is 0.792. The highest BCUT2D eigenvalue weighted by atomic mass is 35.5. The fraction of sp³-hybridized carbons (Fsp3) is 0.333. The predicted octanol–water partition coefficient (Wildman–Crippen LogP) is 1.92. The Hall–Kier alpha value is -1.09. The number of pyridine rings is 1. The van der Waals surface area contributed by atoms with Crippen molar-refractivity contribution in [3.05, 3.63) is 29.0 Å². The summed E-state index contributed by atoms with van der Waals surface area (Å²) in [7, 11) is 0. The third kappa shape index (κ3) is 1.65. The van der Waals surface area contributed by atoms with Crippen LogP contribution in [0.15, 0.2) is 18.2 Å². The molecule has 1 fully saturated rings. The summed E-state index contributed by atoms with van der Waals surface area (Å²) in [4.78, 5) is 14.6. The van der Waals surface area contributed by atoms with Crippen LogP contribution >= 0.6 is 11.6 Å². The second-order valence-corrected chi connectivity index (χ2v) is 3.56. The van der Waals surface area contributed by atoms with E-state index in [0.29, 0.717) is 11.6 Å². The van der Waals surface area contributed by atoms with E-state index in [9.17, 15) is 4.79 Å². The molecule has 0 bridgehead atoms. The van der Waals surface area contributed by atoms with Gasteiger partial charge in [-0.15, -0.1) is 0 Å². The van der Waals surface area contributed by atoms with Gasteiger partial charge in [0.2, 0.25) is 0 Å². The van der Waals surface area contributed by atoms with Gasteiger partial charge in [0.1, 0.15) is 5.15 Å². The van der Waals surface area contributed by atoms with Crippen molar-refractivity contribution in [2.24, 2.45) is 5.92 Å². The normalized spacial score (nSPS) is 25.6. The van der Waals surface area contributed by atoms with E-state index >= 15 is 0 Å². The van der Waals surface area contributed by atoms with Gasteiger partial charge in [0, 0.05) is 11.6 Å². The van der Waals surface area contributed by atoms with Gasteiger partial charge in [-0.25, -0.2) is 4.98 Å². The molecule has 0 amide bonds. The average molecular weight is 198 g/mol. The minimum absolute atomic E-state index is 0.0659. The summed E-state index contributed by atoms with van der Waals surface area (Å²) in [6, 6.07) is 5.30. The molecule has 68 valence electrons. The maximum Gasteiger partial charge on any atom is 0.307 e. The Balaban J connectivity index is 2.16. The van der Waals surface area contributed by atoms with E-state index in [1.54, 1.807) is 12.1 Å². The van der Waals surface area contributed by atoms with Gasteiger partial charge < -0.3 is 5.11 Å². The van der Waals surface area contributed by atoms with E-state index < -0.39 is 5.97 Å². The van der Waals surface area contributed by atoms with E-state index in [1.165, 1.54) is 0 Å². The zero-order chi connectivity index (χ0) is 9.42. The fourth-order valence-corrected chi connectivity index (χ4v) is 1.60. The highest BCUT2D eigenvalue weighted by molar-refractivity contribution is 6.29. The Morgan fingerprint density at radius 1 is 1.62 bits per heavy atom. The largest absolute Gasteiger partial charge is 0.481 e. The SMILES string of the molecule is O=C(O)C1CC1c1cccc(Cl)n1. The van der Waals surface area contributed by atoms with Gasteiger partial charge in [0.25, 0.3) is 0 Å². The lowest BCUT2D eigenvalue weighted by Crippen LogP contribution is -1.99. The van der Waals surface area contributed by atoms with E-state index in [2.05, 4.69) is 4.98 Å². The zero-order valence-corrected chi connectivity index (χ0v) is 7.53. The number of carboxylic acid groups (broad SMARTS) is 1. The number of nitrogens with zero attached hydrogens (tertiary/aromatic N) is 1. The Labute approximate surface area is 80.4 Å². The van der Waals surface area contributed by atoms with Crippen molar-refractivity contribution in [2.75, 3.05) is 0 Å². The average Bonchev–Trinajstić information content (AvgIpc) is 2.82. The van der Waals surface area contributed by atoms with Crippen LogP contribution in [-0.4, -0.2) is 16.1 Å². The molecule has 2 rings (SSSR count). The lowest BCUT2D eigenvalue weighted by molar-refractivity contribution is -0.138. The lowest BCUT2D eigenvalue weighted by atomic mass is 10.2. The van der Waals surface area contributed by atoms with Crippen LogP contribution in [0, 0.1) is 5.92 Å². The minimum atomic E-state index is -0.744. The highest BCUT2D eigenvalue weighted by Gasteiger charge is 2.45. The number of carbonyl (C=O) groups is 1. The lowest BCUT2D eigenvalue weighted by Gasteiger charge is -1.97. The third-order valence-corrected chi connectivity index (χ3v) is 2.43. The maximum absolute atomic E-state index is 10.6. The first-order valence-corrected chi connectivity index (χ1v) is 4.41. The molecule has 4 heteroatoms. The molecule has 1 heterocycles. The van der Waals surface area contributed by atoms with Crippen molar-refractivity contribution in [2.45, 2.75) is 12.3 Å². The number of halogens is 1. The van der Waals surface area contributed by atoms with Gasteiger partial charge in [0.05, 0.1) is 5.92 Å². The molecule has 13 heavy (non-hydrogen) atoms. The zero-order valence-electron chi connectivity index (χ0n) is 6.77. The molecule has 1 aromatic heterocycles. The van der Waals surface area contributed by atoms with E-state index in [-0.39, 0.29) is 11.8 Å². The quantitative estimate of drug-likeness (QED) is 0.737. The topological polar surface area (TPSA) is 50.2 Å². The maximum atomic E-state index is 10.6. The second-order valence-electron chi connectivity index (χ2n) is 3.17. The van der Waals surface area contributed by atoms with Crippen LogP contribution < -0.4 is 0 Å². The molecule has 2 atom stereocenters. The van der Waals surface area contributed by atoms with Crippen LogP contribution in [0.4, 0.5) is 0 Å². The van der Waals surface area contributed by atoms with Crippen LogP contribution in [0.5, 0.6) is 0 Å². The molecule has 1 saturated carbocycles. The molecule has 0 spiro atoms. The molecule has 0 radical (unpaired) electrons. The van der Waals surface area contributed by atoms with Gasteiger partial charge in [0.15, 0.2) is 0 Å². The third-order valence-electron chi connectivity index (χ3n) is 2.22. The highest BCUT2D eigenvalue weighted by Crippen LogP contribution is 2.46. The summed E-state index contributed by atoms with van der Waals surface area (Å²) in [6.45, 7) is 0. The Morgan fingerprint density at radius 2 is 2.38 bits per heavy atom. The van der Waals surface area contributed by atoms with Crippen molar-refractivity contribution in [1.29, 1.82) is 0 Å². The van der Waals surface area contributed by atoms with Crippen LogP contribution in [-0.2, 0) is 4.79 Å². The summed E-state index contributed by atoms with van der Waals surface area (Å²) >= 11 is 5.69. The van der Waals surface area contributed by atoms with E-state index in [1.807, 2.05) is 6.07 Å². The molecule has 0 aromatic carbocycles. The summed E-state index contributed by atoms with van der Waals surface area (Å²) < 4.78 is 0. The molecule has 2 unspecified atom stereocenters. The standard InChI is InChI=1S/C9H8ClNO2/c10-8-3-1-2-7(11-8)5-4-6(5)9(12)13/h1-3,5-6H,4H2,(H,12,13). The Kier molecular flexibility index (Phi) is 1.96.